The standard InChI is InChI=1S/C41H55N5O2/c1-4-11-40(42)36-16-20-38(21-17-36)47-30-34-14-9-12-32(26-34)28-45(2)24-7-5-6-8-25-46(3)29-33-13-10-15-35(27-33)31-48-39-22-18-37(19-23-39)41(43)44/h9-16,18-20,22-23,26-27H,4-8,17,21,24-25,28-31,42H2,1-3H3,(H3,43,44)/b40-11-. The van der Waals surface area contributed by atoms with Gasteiger partial charge in [0.25, 0.3) is 0 Å². The molecule has 3 aromatic carbocycles. The number of allylic oxidation sites excluding steroid dienone is 5. The largest absolute Gasteiger partial charge is 0.493 e. The maximum Gasteiger partial charge on any atom is 0.122 e. The second-order valence-electron chi connectivity index (χ2n) is 12.9. The topological polar surface area (TPSA) is 101 Å². The van der Waals surface area contributed by atoms with Crippen LogP contribution in [-0.4, -0.2) is 42.8 Å². The van der Waals surface area contributed by atoms with E-state index >= 15 is 0 Å². The van der Waals surface area contributed by atoms with Crippen LogP contribution in [0, 0.1) is 5.41 Å². The van der Waals surface area contributed by atoms with Crippen molar-refractivity contribution in [2.45, 2.75) is 78.2 Å². The average Bonchev–Trinajstić information content (AvgIpc) is 3.09. The van der Waals surface area contributed by atoms with E-state index < -0.39 is 0 Å². The highest BCUT2D eigenvalue weighted by Crippen LogP contribution is 2.24. The van der Waals surface area contributed by atoms with Crippen LogP contribution < -0.4 is 16.2 Å². The van der Waals surface area contributed by atoms with Gasteiger partial charge >= 0.3 is 0 Å². The number of benzene rings is 3. The summed E-state index contributed by atoms with van der Waals surface area (Å²) in [7, 11) is 4.42. The first-order valence-electron chi connectivity index (χ1n) is 17.4. The molecule has 0 fully saturated rings. The Bertz CT molecular complexity index is 1540. The van der Waals surface area contributed by atoms with Crippen molar-refractivity contribution in [3.05, 3.63) is 136 Å². The molecule has 0 aromatic heterocycles. The van der Waals surface area contributed by atoms with Crippen molar-refractivity contribution in [3.63, 3.8) is 0 Å². The van der Waals surface area contributed by atoms with Gasteiger partial charge in [0.05, 0.1) is 5.76 Å². The van der Waals surface area contributed by atoms with Crippen molar-refractivity contribution >= 4 is 5.84 Å². The number of nitrogens with zero attached hydrogens (tertiary/aromatic N) is 2. The molecule has 0 aliphatic heterocycles. The number of hydrogen-bond donors (Lipinski definition) is 3. The monoisotopic (exact) mass is 649 g/mol. The van der Waals surface area contributed by atoms with Crippen LogP contribution in [-0.2, 0) is 31.0 Å². The fraction of sp³-hybridized carbons (Fsp3) is 0.390. The molecule has 0 saturated carbocycles. The molecule has 0 unspecified atom stereocenters. The van der Waals surface area contributed by atoms with Gasteiger partial charge in [-0.1, -0.05) is 80.4 Å². The molecule has 0 atom stereocenters. The SMILES string of the molecule is CC/C=C(\N)C1=CC=C(OCc2cccc(CN(C)CCCCCCN(C)Cc3cccc(COc4ccc(C(=N)N)cc4)c3)c2)CC1. The number of ether oxygens (including phenoxy) is 2. The molecule has 1 aliphatic carbocycles. The van der Waals surface area contributed by atoms with Crippen LogP contribution >= 0.6 is 0 Å². The maximum absolute atomic E-state index is 7.52. The zero-order chi connectivity index (χ0) is 34.1. The van der Waals surface area contributed by atoms with Crippen molar-refractivity contribution in [2.24, 2.45) is 11.5 Å². The number of amidine groups is 1. The van der Waals surface area contributed by atoms with Crippen molar-refractivity contribution in [1.82, 2.24) is 9.80 Å². The Morgan fingerprint density at radius 1 is 0.729 bits per heavy atom. The smallest absolute Gasteiger partial charge is 0.122 e. The van der Waals surface area contributed by atoms with E-state index in [1.54, 1.807) is 0 Å². The summed E-state index contributed by atoms with van der Waals surface area (Å²) in [5.41, 5.74) is 19.5. The number of hydrogen-bond acceptors (Lipinski definition) is 6. The Hall–Kier alpha value is -4.33. The molecule has 0 radical (unpaired) electrons. The van der Waals surface area contributed by atoms with Crippen molar-refractivity contribution in [1.29, 1.82) is 5.41 Å². The van der Waals surface area contributed by atoms with Gasteiger partial charge in [-0.15, -0.1) is 0 Å². The third-order valence-electron chi connectivity index (χ3n) is 8.62. The Labute approximate surface area is 288 Å². The number of nitrogens with one attached hydrogen (secondary N) is 1. The molecule has 5 N–H and O–H groups in total. The number of nitrogen functional groups attached to an aromatic ring is 1. The Balaban J connectivity index is 1.08. The first-order chi connectivity index (χ1) is 23.3. The van der Waals surface area contributed by atoms with Crippen molar-refractivity contribution in [2.75, 3.05) is 27.2 Å². The summed E-state index contributed by atoms with van der Waals surface area (Å²) in [6.45, 7) is 7.28. The van der Waals surface area contributed by atoms with Gasteiger partial charge < -0.3 is 30.7 Å². The third-order valence-corrected chi connectivity index (χ3v) is 8.62. The van der Waals surface area contributed by atoms with Gasteiger partial charge in [0, 0.05) is 30.8 Å². The lowest BCUT2D eigenvalue weighted by Crippen LogP contribution is -2.20. The van der Waals surface area contributed by atoms with Gasteiger partial charge in [-0.3, -0.25) is 5.41 Å². The molecule has 0 amide bonds. The zero-order valence-corrected chi connectivity index (χ0v) is 29.2. The molecule has 4 rings (SSSR count). The molecule has 0 spiro atoms. The van der Waals surface area contributed by atoms with Gasteiger partial charge in [-0.05, 0) is 111 Å². The molecular formula is C41H55N5O2. The van der Waals surface area contributed by atoms with Gasteiger partial charge in [0.15, 0.2) is 0 Å². The summed E-state index contributed by atoms with van der Waals surface area (Å²) in [6.07, 6.45) is 14.0. The fourth-order valence-electron chi connectivity index (χ4n) is 5.94. The lowest BCUT2D eigenvalue weighted by atomic mass is 10.0. The summed E-state index contributed by atoms with van der Waals surface area (Å²) in [5, 5.41) is 7.52. The lowest BCUT2D eigenvalue weighted by Gasteiger charge is -2.19. The molecule has 0 bridgehead atoms. The highest BCUT2D eigenvalue weighted by molar-refractivity contribution is 5.94. The van der Waals surface area contributed by atoms with Crippen LogP contribution in [0.15, 0.2) is 108 Å². The first kappa shape index (κ1) is 36.5. The fourth-order valence-corrected chi connectivity index (χ4v) is 5.94. The Kier molecular flexibility index (Phi) is 14.8. The quantitative estimate of drug-likeness (QED) is 0.0651. The minimum atomic E-state index is 0.0639. The van der Waals surface area contributed by atoms with E-state index in [9.17, 15) is 0 Å². The normalized spacial score (nSPS) is 13.4. The van der Waals surface area contributed by atoms with E-state index in [-0.39, 0.29) is 5.84 Å². The van der Waals surface area contributed by atoms with Crippen molar-refractivity contribution < 1.29 is 9.47 Å². The van der Waals surface area contributed by atoms with Crippen LogP contribution in [0.1, 0.15) is 79.7 Å². The van der Waals surface area contributed by atoms with E-state index in [2.05, 4.69) is 97.6 Å². The molecule has 256 valence electrons. The van der Waals surface area contributed by atoms with Gasteiger partial charge in [-0.2, -0.15) is 0 Å². The molecule has 0 saturated heterocycles. The molecule has 0 heterocycles. The van der Waals surface area contributed by atoms with Crippen LogP contribution in [0.4, 0.5) is 0 Å². The summed E-state index contributed by atoms with van der Waals surface area (Å²) >= 11 is 0. The van der Waals surface area contributed by atoms with E-state index in [0.717, 1.165) is 68.2 Å². The Morgan fingerprint density at radius 2 is 1.29 bits per heavy atom. The average molecular weight is 650 g/mol. The van der Waals surface area contributed by atoms with Crippen LogP contribution in [0.5, 0.6) is 5.75 Å². The van der Waals surface area contributed by atoms with Crippen LogP contribution in [0.2, 0.25) is 0 Å². The molecule has 7 nitrogen and oxygen atoms in total. The van der Waals surface area contributed by atoms with Crippen LogP contribution in [0.3, 0.4) is 0 Å². The summed E-state index contributed by atoms with van der Waals surface area (Å²) < 4.78 is 12.1. The molecule has 48 heavy (non-hydrogen) atoms. The van der Waals surface area contributed by atoms with Crippen LogP contribution in [0.25, 0.3) is 0 Å². The van der Waals surface area contributed by atoms with Crippen molar-refractivity contribution in [3.8, 4) is 5.75 Å². The van der Waals surface area contributed by atoms with E-state index in [1.165, 1.54) is 47.9 Å². The van der Waals surface area contributed by atoms with Gasteiger partial charge in [0.2, 0.25) is 0 Å². The molecule has 7 heteroatoms. The van der Waals surface area contributed by atoms with E-state index in [1.807, 2.05) is 24.3 Å². The highest BCUT2D eigenvalue weighted by atomic mass is 16.5. The summed E-state index contributed by atoms with van der Waals surface area (Å²) in [5.74, 6) is 1.87. The highest BCUT2D eigenvalue weighted by Gasteiger charge is 2.10. The first-order valence-corrected chi connectivity index (χ1v) is 17.4. The second kappa shape index (κ2) is 19.5. The van der Waals surface area contributed by atoms with E-state index in [0.29, 0.717) is 18.8 Å². The predicted molar refractivity (Wildman–Crippen MR) is 199 cm³/mol. The number of nitrogens with two attached hydrogens (primary N) is 2. The molecule has 3 aromatic rings. The predicted octanol–water partition coefficient (Wildman–Crippen LogP) is 8.05. The minimum Gasteiger partial charge on any atom is -0.493 e. The minimum absolute atomic E-state index is 0.0639. The molecule has 1 aliphatic rings. The molecular weight excluding hydrogens is 594 g/mol. The van der Waals surface area contributed by atoms with E-state index in [4.69, 9.17) is 26.4 Å². The maximum atomic E-state index is 7.52. The number of rotatable bonds is 20. The van der Waals surface area contributed by atoms with Gasteiger partial charge in [-0.25, -0.2) is 0 Å². The Morgan fingerprint density at radius 3 is 1.81 bits per heavy atom. The lowest BCUT2D eigenvalue weighted by molar-refractivity contribution is 0.188. The summed E-state index contributed by atoms with van der Waals surface area (Å²) in [4.78, 5) is 4.83. The third kappa shape index (κ3) is 12.7. The number of unbranched alkanes of at least 4 members (excludes halogenated alkanes) is 3. The second-order valence-corrected chi connectivity index (χ2v) is 12.9. The summed E-state index contributed by atoms with van der Waals surface area (Å²) in [6, 6.07) is 24.7. The zero-order valence-electron chi connectivity index (χ0n) is 29.2. The van der Waals surface area contributed by atoms with Gasteiger partial charge in [0.1, 0.15) is 24.8 Å².